The van der Waals surface area contributed by atoms with Gasteiger partial charge in [-0.15, -0.1) is 0 Å². The fraction of sp³-hybridized carbons (Fsp3) is 0. The van der Waals surface area contributed by atoms with E-state index in [0.29, 0.717) is 11.3 Å². The predicted octanol–water partition coefficient (Wildman–Crippen LogP) is 17.5. The zero-order valence-corrected chi connectivity index (χ0v) is 38.0. The number of rotatable bonds is 9. The molecule has 2 aromatic heterocycles. The highest BCUT2D eigenvalue weighted by Gasteiger charge is 2.22. The van der Waals surface area contributed by atoms with Crippen LogP contribution in [0.2, 0.25) is 0 Å². The summed E-state index contributed by atoms with van der Waals surface area (Å²) >= 11 is 0. The maximum Gasteiger partial charge on any atom is 0.187 e. The average Bonchev–Trinajstić information content (AvgIpc) is 3.92. The van der Waals surface area contributed by atoms with Crippen molar-refractivity contribution in [3.05, 3.63) is 259 Å². The van der Waals surface area contributed by atoms with Crippen LogP contribution in [0.4, 0.5) is 57.4 Å². The van der Waals surface area contributed by atoms with E-state index in [9.17, 15) is 14.0 Å². The first kappa shape index (κ1) is 43.4. The van der Waals surface area contributed by atoms with Gasteiger partial charge in [-0.25, -0.2) is 22.4 Å². The van der Waals surface area contributed by atoms with Crippen LogP contribution >= 0.6 is 0 Å². The lowest BCUT2D eigenvalue weighted by Gasteiger charge is -2.26. The Hall–Kier alpha value is -9.90. The van der Waals surface area contributed by atoms with Gasteiger partial charge in [-0.1, -0.05) is 72.8 Å². The maximum absolute atomic E-state index is 15.4. The van der Waals surface area contributed by atoms with Crippen molar-refractivity contribution in [3.8, 4) is 28.6 Å². The second kappa shape index (κ2) is 17.6. The molecule has 0 fully saturated rings. The zero-order valence-electron chi connectivity index (χ0n) is 38.0. The molecule has 0 saturated heterocycles. The molecule has 342 valence electrons. The summed E-state index contributed by atoms with van der Waals surface area (Å²) in [5.41, 5.74) is 11.6. The van der Waals surface area contributed by atoms with Crippen molar-refractivity contribution in [3.63, 3.8) is 0 Å². The molecule has 0 saturated carbocycles. The zero-order chi connectivity index (χ0) is 49.0. The number of nitrogens with zero attached hydrogens (tertiary/aromatic N) is 6. The fourth-order valence-corrected chi connectivity index (χ4v) is 9.91. The van der Waals surface area contributed by atoms with Crippen molar-refractivity contribution in [2.24, 2.45) is 0 Å². The first-order valence-electron chi connectivity index (χ1n) is 23.0. The van der Waals surface area contributed by atoms with E-state index < -0.39 is 23.3 Å². The van der Waals surface area contributed by atoms with Crippen LogP contribution in [0.3, 0.4) is 0 Å². The molecule has 2 heterocycles. The normalized spacial score (nSPS) is 11.3. The second-order valence-corrected chi connectivity index (χ2v) is 17.4. The van der Waals surface area contributed by atoms with Crippen LogP contribution in [-0.2, 0) is 0 Å². The minimum Gasteiger partial charge on any atom is -0.311 e. The molecule has 0 radical (unpaired) electrons. The minimum absolute atomic E-state index is 0.245. The summed E-state index contributed by atoms with van der Waals surface area (Å²) in [6.45, 7) is 7.58. The van der Waals surface area contributed by atoms with Crippen molar-refractivity contribution in [2.45, 2.75) is 0 Å². The molecule has 12 aromatic rings. The van der Waals surface area contributed by atoms with Crippen molar-refractivity contribution in [2.75, 3.05) is 9.80 Å². The summed E-state index contributed by atoms with van der Waals surface area (Å²) in [6.07, 6.45) is 0. The number of fused-ring (bicyclic) bond motifs is 6. The molecule has 0 N–H and O–H groups in total. The monoisotopic (exact) mass is 940 g/mol. The Bertz CT molecular complexity index is 3890. The molecule has 0 aliphatic heterocycles. The third-order valence-corrected chi connectivity index (χ3v) is 13.2. The van der Waals surface area contributed by atoms with Gasteiger partial charge < -0.3 is 18.9 Å². The van der Waals surface area contributed by atoms with Crippen LogP contribution in [0.15, 0.2) is 218 Å². The van der Waals surface area contributed by atoms with E-state index in [4.69, 9.17) is 6.57 Å². The smallest absolute Gasteiger partial charge is 0.187 e. The lowest BCUT2D eigenvalue weighted by molar-refractivity contribution is 0.578. The molecular weight excluding hydrogens is 905 g/mol. The number of anilines is 6. The number of halogens is 4. The second-order valence-electron chi connectivity index (χ2n) is 17.4. The Morgan fingerprint density at radius 2 is 0.764 bits per heavy atom. The molecule has 0 bridgehead atoms. The number of para-hydroxylation sites is 2. The van der Waals surface area contributed by atoms with Crippen LogP contribution in [0.1, 0.15) is 5.56 Å². The summed E-state index contributed by atoms with van der Waals surface area (Å²) in [4.78, 5) is 7.84. The lowest BCUT2D eigenvalue weighted by Crippen LogP contribution is -2.10. The summed E-state index contributed by atoms with van der Waals surface area (Å²) in [6, 6.07) is 68.3. The number of benzene rings is 10. The lowest BCUT2D eigenvalue weighted by atomic mass is 10.0. The summed E-state index contributed by atoms with van der Waals surface area (Å²) < 4.78 is 62.6. The van der Waals surface area contributed by atoms with Crippen molar-refractivity contribution < 1.29 is 17.6 Å². The third-order valence-electron chi connectivity index (χ3n) is 13.2. The number of aromatic nitrogens is 2. The van der Waals surface area contributed by atoms with Crippen molar-refractivity contribution in [1.82, 2.24) is 9.13 Å². The quantitative estimate of drug-likeness (QED) is 0.107. The molecule has 0 aliphatic rings. The van der Waals surface area contributed by atoms with E-state index >= 15 is 8.78 Å². The van der Waals surface area contributed by atoms with Crippen LogP contribution in [0.25, 0.3) is 71.0 Å². The van der Waals surface area contributed by atoms with E-state index in [1.165, 1.54) is 24.3 Å². The van der Waals surface area contributed by atoms with Crippen LogP contribution in [0, 0.1) is 41.2 Å². The Balaban J connectivity index is 0.920. The Morgan fingerprint density at radius 3 is 1.17 bits per heavy atom. The van der Waals surface area contributed by atoms with Crippen LogP contribution in [0.5, 0.6) is 0 Å². The van der Waals surface area contributed by atoms with Gasteiger partial charge in [0.2, 0.25) is 0 Å². The highest BCUT2D eigenvalue weighted by atomic mass is 19.1. The topological polar surface area (TPSA) is 44.5 Å². The van der Waals surface area contributed by atoms with Gasteiger partial charge in [0.05, 0.1) is 51.6 Å². The van der Waals surface area contributed by atoms with E-state index in [0.717, 1.165) is 101 Å². The largest absolute Gasteiger partial charge is 0.311 e. The van der Waals surface area contributed by atoms with E-state index in [2.05, 4.69) is 81.4 Å². The first-order valence-corrected chi connectivity index (χ1v) is 23.0. The Morgan fingerprint density at radius 1 is 0.389 bits per heavy atom. The minimum atomic E-state index is -0.664. The van der Waals surface area contributed by atoms with Gasteiger partial charge in [0.1, 0.15) is 23.3 Å². The molecule has 6 nitrogen and oxygen atoms in total. The van der Waals surface area contributed by atoms with E-state index in [1.807, 2.05) is 106 Å². The SMILES string of the molecule is [C-]#[N+]c1ccc(N(c2ccc(-c3ccc(N(c4ccc(C#N)cc4)c4ccc5c(c4)c4ccccc4n5-c4ccc(F)cc4F)cc3)cc2)c2ccc3c(c2)c2ccccc2n3-c2ccc(F)cc2F)cc1. The molecule has 12 rings (SSSR count). The maximum atomic E-state index is 15.4. The standard InChI is InChI=1S/C62H36F4N6/c1-68-44-18-26-48(27-19-44)70(50-29-33-60-54(37-50)52-7-3-5-9-58(52)72(60)62-31-17-43(64)35-56(62)66)47-24-14-41(15-25-47)40-12-22-46(23-13-40)69(45-20-10-39(38-67)11-21-45)49-28-32-59-53(36-49)51-6-2-4-8-57(51)71(59)61-30-16-42(63)34-55(61)65/h2-37H. The number of hydrogen-bond acceptors (Lipinski definition) is 3. The van der Waals surface area contributed by atoms with Gasteiger partial charge in [-0.2, -0.15) is 5.26 Å². The molecule has 0 amide bonds. The highest BCUT2D eigenvalue weighted by Crippen LogP contribution is 2.43. The average molecular weight is 941 g/mol. The van der Waals surface area contributed by atoms with Gasteiger partial charge >= 0.3 is 0 Å². The van der Waals surface area contributed by atoms with Crippen LogP contribution < -0.4 is 9.80 Å². The van der Waals surface area contributed by atoms with Gasteiger partial charge in [0, 0.05) is 67.8 Å². The first-order chi connectivity index (χ1) is 35.2. The molecular formula is C62H36F4N6. The molecule has 72 heavy (non-hydrogen) atoms. The summed E-state index contributed by atoms with van der Waals surface area (Å²) in [5.74, 6) is -2.62. The van der Waals surface area contributed by atoms with Crippen molar-refractivity contribution in [1.29, 1.82) is 5.26 Å². The van der Waals surface area contributed by atoms with Gasteiger partial charge in [0.15, 0.2) is 5.69 Å². The summed E-state index contributed by atoms with van der Waals surface area (Å²) in [5, 5.41) is 13.2. The molecule has 0 atom stereocenters. The molecule has 0 spiro atoms. The van der Waals surface area contributed by atoms with Gasteiger partial charge in [0.25, 0.3) is 0 Å². The highest BCUT2D eigenvalue weighted by molar-refractivity contribution is 6.12. The van der Waals surface area contributed by atoms with Crippen LogP contribution in [-0.4, -0.2) is 9.13 Å². The fourth-order valence-electron chi connectivity index (χ4n) is 9.91. The molecule has 0 unspecified atom stereocenters. The van der Waals surface area contributed by atoms with Gasteiger partial charge in [-0.05, 0) is 145 Å². The van der Waals surface area contributed by atoms with E-state index in [1.54, 1.807) is 24.3 Å². The third kappa shape index (κ3) is 7.43. The number of hydrogen-bond donors (Lipinski definition) is 0. The Kier molecular flexibility index (Phi) is 10.6. The summed E-state index contributed by atoms with van der Waals surface area (Å²) in [7, 11) is 0. The number of nitriles is 1. The van der Waals surface area contributed by atoms with Crippen molar-refractivity contribution >= 4 is 83.4 Å². The molecule has 0 aliphatic carbocycles. The predicted molar refractivity (Wildman–Crippen MR) is 281 cm³/mol. The molecule has 10 aromatic carbocycles. The molecule has 10 heteroatoms. The van der Waals surface area contributed by atoms with Gasteiger partial charge in [-0.3, -0.25) is 0 Å². The van der Waals surface area contributed by atoms with E-state index in [-0.39, 0.29) is 11.4 Å². The Labute approximate surface area is 410 Å².